The maximum Gasteiger partial charge on any atom is 0.349 e. The summed E-state index contributed by atoms with van der Waals surface area (Å²) in [6, 6.07) is 7.48. The largest absolute Gasteiger partial charge is 0.467 e. The molecule has 0 spiro atoms. The molecule has 7 nitrogen and oxygen atoms in total. The molecule has 1 aromatic carbocycles. The van der Waals surface area contributed by atoms with Gasteiger partial charge in [0.15, 0.2) is 0 Å². The third kappa shape index (κ3) is 3.89. The summed E-state index contributed by atoms with van der Waals surface area (Å²) in [5.74, 6) is -0.636. The molecule has 0 radical (unpaired) electrons. The lowest BCUT2D eigenvalue weighted by molar-refractivity contribution is 0.0602. The molecule has 29 heavy (non-hydrogen) atoms. The van der Waals surface area contributed by atoms with Crippen molar-refractivity contribution in [1.82, 2.24) is 9.29 Å². The fourth-order valence-electron chi connectivity index (χ4n) is 3.33. The number of esters is 1. The van der Waals surface area contributed by atoms with Crippen molar-refractivity contribution in [3.05, 3.63) is 40.1 Å². The van der Waals surface area contributed by atoms with Crippen LogP contribution in [0.25, 0.3) is 10.2 Å². The van der Waals surface area contributed by atoms with Gasteiger partial charge in [0.25, 0.3) is 5.19 Å². The number of rotatable bonds is 5. The maximum atomic E-state index is 13.0. The van der Waals surface area contributed by atoms with E-state index in [4.69, 9.17) is 9.47 Å². The van der Waals surface area contributed by atoms with E-state index in [0.29, 0.717) is 31.1 Å². The molecular formula is C19H20N2O5S3. The molecule has 0 aliphatic carbocycles. The summed E-state index contributed by atoms with van der Waals surface area (Å²) >= 11 is 2.57. The highest BCUT2D eigenvalue weighted by Crippen LogP contribution is 2.32. The number of methoxy groups -OCH3 is 1. The van der Waals surface area contributed by atoms with E-state index >= 15 is 0 Å². The summed E-state index contributed by atoms with van der Waals surface area (Å²) in [7, 11) is -2.51. The monoisotopic (exact) mass is 452 g/mol. The second kappa shape index (κ2) is 8.02. The Kier molecular flexibility index (Phi) is 5.60. The highest BCUT2D eigenvalue weighted by Gasteiger charge is 2.34. The van der Waals surface area contributed by atoms with Crippen LogP contribution in [0.1, 0.15) is 28.1 Å². The van der Waals surface area contributed by atoms with E-state index in [1.54, 1.807) is 5.38 Å². The number of hydrogen-bond donors (Lipinski definition) is 0. The molecule has 4 rings (SSSR count). The Bertz CT molecular complexity index is 1140. The van der Waals surface area contributed by atoms with Crippen molar-refractivity contribution in [2.45, 2.75) is 30.8 Å². The molecule has 0 atom stereocenters. The Morgan fingerprint density at radius 2 is 2.00 bits per heavy atom. The summed E-state index contributed by atoms with van der Waals surface area (Å²) in [5, 5.41) is 2.20. The van der Waals surface area contributed by atoms with Gasteiger partial charge in [0.05, 0.1) is 17.3 Å². The van der Waals surface area contributed by atoms with Crippen LogP contribution in [0.3, 0.4) is 0 Å². The summed E-state index contributed by atoms with van der Waals surface area (Å²) in [4.78, 5) is 16.5. The Labute approximate surface area is 176 Å². The first kappa shape index (κ1) is 20.3. The number of fused-ring (bicyclic) bond motifs is 1. The Morgan fingerprint density at radius 3 is 2.69 bits per heavy atom. The van der Waals surface area contributed by atoms with Crippen LogP contribution in [0.15, 0.2) is 34.5 Å². The van der Waals surface area contributed by atoms with Crippen molar-refractivity contribution < 1.29 is 22.7 Å². The normalized spacial score (nSPS) is 16.2. The molecule has 1 aliphatic rings. The van der Waals surface area contributed by atoms with Crippen molar-refractivity contribution in [3.63, 3.8) is 0 Å². The van der Waals surface area contributed by atoms with Gasteiger partial charge in [-0.05, 0) is 42.8 Å². The molecule has 3 aromatic rings. The highest BCUT2D eigenvalue weighted by atomic mass is 32.2. The number of thiophene rings is 1. The number of hydrogen-bond acceptors (Lipinski definition) is 8. The highest BCUT2D eigenvalue weighted by molar-refractivity contribution is 7.89. The van der Waals surface area contributed by atoms with Crippen LogP contribution in [0.4, 0.5) is 0 Å². The summed E-state index contributed by atoms with van der Waals surface area (Å²) in [6.07, 6.45) is 1.03. The van der Waals surface area contributed by atoms with Gasteiger partial charge in [-0.1, -0.05) is 23.5 Å². The SMILES string of the molecule is COC(=O)c1sccc1S(=O)(=O)N1CCC(Oc2nc3c(C)cccc3s2)CC1. The summed E-state index contributed by atoms with van der Waals surface area (Å²) in [6.45, 7) is 2.67. The van der Waals surface area contributed by atoms with Crippen LogP contribution < -0.4 is 4.74 Å². The van der Waals surface area contributed by atoms with Gasteiger partial charge in [-0.2, -0.15) is 4.31 Å². The van der Waals surface area contributed by atoms with Gasteiger partial charge in [-0.3, -0.25) is 0 Å². The number of ether oxygens (including phenoxy) is 2. The van der Waals surface area contributed by atoms with Crippen LogP contribution in [0.5, 0.6) is 5.19 Å². The van der Waals surface area contributed by atoms with Crippen LogP contribution in [-0.2, 0) is 14.8 Å². The number of aromatic nitrogens is 1. The molecule has 1 aliphatic heterocycles. The molecule has 1 fully saturated rings. The second-order valence-electron chi connectivity index (χ2n) is 6.73. The second-order valence-corrected chi connectivity index (χ2v) is 10.5. The minimum absolute atomic E-state index is 0.00960. The average Bonchev–Trinajstić information content (AvgIpc) is 3.36. The molecule has 3 heterocycles. The molecule has 2 aromatic heterocycles. The van der Waals surface area contributed by atoms with E-state index in [2.05, 4.69) is 4.98 Å². The number of nitrogens with zero attached hydrogens (tertiary/aromatic N) is 2. The van der Waals surface area contributed by atoms with E-state index in [1.807, 2.05) is 25.1 Å². The van der Waals surface area contributed by atoms with Crippen LogP contribution in [0.2, 0.25) is 0 Å². The number of aryl methyl sites for hydroxylation is 1. The minimum Gasteiger partial charge on any atom is -0.467 e. The van der Waals surface area contributed by atoms with Gasteiger partial charge in [-0.25, -0.2) is 18.2 Å². The molecular weight excluding hydrogens is 432 g/mol. The minimum atomic E-state index is -3.75. The zero-order valence-corrected chi connectivity index (χ0v) is 18.4. The third-order valence-corrected chi connectivity index (χ3v) is 8.76. The lowest BCUT2D eigenvalue weighted by Gasteiger charge is -2.30. The first-order valence-corrected chi connectivity index (χ1v) is 12.2. The Hall–Kier alpha value is -2.01. The maximum absolute atomic E-state index is 13.0. The summed E-state index contributed by atoms with van der Waals surface area (Å²) in [5.41, 5.74) is 2.05. The van der Waals surface area contributed by atoms with Gasteiger partial charge >= 0.3 is 5.97 Å². The molecule has 0 amide bonds. The predicted octanol–water partition coefficient (Wildman–Crippen LogP) is 3.68. The molecule has 154 valence electrons. The van der Waals surface area contributed by atoms with Crippen LogP contribution >= 0.6 is 22.7 Å². The van der Waals surface area contributed by atoms with E-state index in [-0.39, 0.29) is 15.9 Å². The number of para-hydroxylation sites is 1. The fraction of sp³-hybridized carbons (Fsp3) is 0.368. The lowest BCUT2D eigenvalue weighted by atomic mass is 10.1. The fourth-order valence-corrected chi connectivity index (χ4v) is 7.07. The van der Waals surface area contributed by atoms with E-state index in [9.17, 15) is 13.2 Å². The van der Waals surface area contributed by atoms with Crippen molar-refractivity contribution in [3.8, 4) is 5.19 Å². The van der Waals surface area contributed by atoms with Crippen molar-refractivity contribution in [2.24, 2.45) is 0 Å². The molecule has 1 saturated heterocycles. The Morgan fingerprint density at radius 1 is 1.24 bits per heavy atom. The van der Waals surface area contributed by atoms with Crippen LogP contribution in [-0.4, -0.2) is 50.0 Å². The number of piperidine rings is 1. The lowest BCUT2D eigenvalue weighted by Crippen LogP contribution is -2.41. The van der Waals surface area contributed by atoms with Gasteiger partial charge in [-0.15, -0.1) is 11.3 Å². The first-order valence-electron chi connectivity index (χ1n) is 9.09. The van der Waals surface area contributed by atoms with E-state index in [1.165, 1.54) is 28.8 Å². The van der Waals surface area contributed by atoms with Gasteiger partial charge in [0, 0.05) is 13.1 Å². The number of carbonyl (C=O) groups excluding carboxylic acids is 1. The zero-order chi connectivity index (χ0) is 20.6. The van der Waals surface area contributed by atoms with Crippen molar-refractivity contribution in [2.75, 3.05) is 20.2 Å². The predicted molar refractivity (Wildman–Crippen MR) is 112 cm³/mol. The molecule has 0 saturated carbocycles. The van der Waals surface area contributed by atoms with Crippen LogP contribution in [0, 0.1) is 6.92 Å². The van der Waals surface area contributed by atoms with Gasteiger partial charge < -0.3 is 9.47 Å². The Balaban J connectivity index is 1.44. The van der Waals surface area contributed by atoms with E-state index < -0.39 is 16.0 Å². The zero-order valence-electron chi connectivity index (χ0n) is 16.0. The number of thiazole rings is 1. The van der Waals surface area contributed by atoms with Crippen molar-refractivity contribution in [1.29, 1.82) is 0 Å². The summed E-state index contributed by atoms with van der Waals surface area (Å²) < 4.78 is 39.2. The topological polar surface area (TPSA) is 85.8 Å². The third-order valence-electron chi connectivity index (χ3n) is 4.89. The number of sulfonamides is 1. The smallest absolute Gasteiger partial charge is 0.349 e. The quantitative estimate of drug-likeness (QED) is 0.549. The van der Waals surface area contributed by atoms with Gasteiger partial charge in [0.2, 0.25) is 10.0 Å². The molecule has 0 bridgehead atoms. The number of benzene rings is 1. The van der Waals surface area contributed by atoms with Crippen molar-refractivity contribution >= 4 is 48.9 Å². The molecule has 0 unspecified atom stereocenters. The molecule has 10 heteroatoms. The first-order chi connectivity index (χ1) is 13.9. The van der Waals surface area contributed by atoms with E-state index in [0.717, 1.165) is 27.1 Å². The average molecular weight is 453 g/mol. The molecule has 0 N–H and O–H groups in total. The number of carbonyl (C=O) groups is 1. The van der Waals surface area contributed by atoms with Gasteiger partial charge in [0.1, 0.15) is 15.9 Å². The standard InChI is InChI=1S/C19H20N2O5S3/c1-12-4-3-5-14-16(12)20-19(28-14)26-13-6-9-21(10-7-13)29(23,24)15-8-11-27-17(15)18(22)25-2/h3-5,8,11,13H,6-7,9-10H2,1-2H3.